The first-order valence-electron chi connectivity index (χ1n) is 16.6. The first kappa shape index (κ1) is 34.2. The lowest BCUT2D eigenvalue weighted by molar-refractivity contribution is 0.548. The SMILES string of the molecule is CC(C)(C)[Si]([Si]1C2c3ccccc3C(c3ccccc32)[Si]1[Si](C(C)(C)C)(C(C)(C)C)C(C)(C)C)(C(C)(C)C)C(C)(C)C. The highest BCUT2D eigenvalue weighted by molar-refractivity contribution is 7.74. The summed E-state index contributed by atoms with van der Waals surface area (Å²) in [6.07, 6.45) is 0. The minimum atomic E-state index is -2.12. The average Bonchev–Trinajstić information content (AvgIpc) is 2.74. The van der Waals surface area contributed by atoms with E-state index in [0.29, 0.717) is 41.3 Å². The molecule has 5 rings (SSSR count). The minimum Gasteiger partial charge on any atom is -0.0628 e. The molecule has 0 saturated carbocycles. The minimum absolute atomic E-state index is 0.295. The van der Waals surface area contributed by atoms with E-state index < -0.39 is 30.8 Å². The Morgan fingerprint density at radius 1 is 0.357 bits per heavy atom. The van der Waals surface area contributed by atoms with Crippen LogP contribution >= 0.6 is 0 Å². The highest BCUT2D eigenvalue weighted by Gasteiger charge is 2.77. The molecule has 0 saturated heterocycles. The largest absolute Gasteiger partial charge is 0.0628 e. The summed E-state index contributed by atoms with van der Waals surface area (Å²) in [4.78, 5) is 0. The molecule has 2 aliphatic heterocycles. The molecule has 4 heteroatoms. The van der Waals surface area contributed by atoms with E-state index in [4.69, 9.17) is 0 Å². The third kappa shape index (κ3) is 4.34. The molecule has 2 aromatic carbocycles. The van der Waals surface area contributed by atoms with E-state index in [9.17, 15) is 0 Å². The summed E-state index contributed by atoms with van der Waals surface area (Å²) in [6, 6.07) is 19.8. The van der Waals surface area contributed by atoms with Crippen LogP contribution in [0.2, 0.25) is 30.2 Å². The van der Waals surface area contributed by atoms with E-state index in [1.807, 2.05) is 0 Å². The van der Waals surface area contributed by atoms with Crippen molar-refractivity contribution in [2.45, 2.75) is 166 Å². The molecule has 0 aromatic heterocycles. The van der Waals surface area contributed by atoms with Gasteiger partial charge < -0.3 is 0 Å². The summed E-state index contributed by atoms with van der Waals surface area (Å²) in [7, 11) is -6.08. The molecule has 0 unspecified atom stereocenters. The van der Waals surface area contributed by atoms with E-state index >= 15 is 0 Å². The molecule has 0 amide bonds. The number of hydrogen-bond donors (Lipinski definition) is 0. The topological polar surface area (TPSA) is 0 Å². The molecule has 42 heavy (non-hydrogen) atoms. The second-order valence-corrected chi connectivity index (χ2v) is 48.7. The van der Waals surface area contributed by atoms with E-state index in [0.717, 1.165) is 0 Å². The second kappa shape index (κ2) is 9.90. The lowest BCUT2D eigenvalue weighted by Crippen LogP contribution is -2.86. The zero-order valence-electron chi connectivity index (χ0n) is 30.8. The van der Waals surface area contributed by atoms with Crippen LogP contribution in [0.25, 0.3) is 0 Å². The number of rotatable bonds is 2. The van der Waals surface area contributed by atoms with Crippen LogP contribution in [0, 0.1) is 0 Å². The number of hydrogen-bond acceptors (Lipinski definition) is 0. The van der Waals surface area contributed by atoms with Crippen LogP contribution in [-0.2, 0) is 0 Å². The van der Waals surface area contributed by atoms with Crippen LogP contribution in [0.1, 0.15) is 158 Å². The smallest absolute Gasteiger partial charge is 0.0589 e. The lowest BCUT2D eigenvalue weighted by Gasteiger charge is -2.74. The molecule has 0 atom stereocenters. The van der Waals surface area contributed by atoms with Crippen molar-refractivity contribution in [3.63, 3.8) is 0 Å². The first-order chi connectivity index (χ1) is 18.7. The van der Waals surface area contributed by atoms with E-state index in [2.05, 4.69) is 173 Å². The van der Waals surface area contributed by atoms with Gasteiger partial charge in [-0.05, 0) is 63.6 Å². The number of fused-ring (bicyclic) bond motifs is 1. The van der Waals surface area contributed by atoms with Crippen LogP contribution < -0.4 is 0 Å². The summed E-state index contributed by atoms with van der Waals surface area (Å²) in [6.45, 7) is 48.5. The molecular formula is C38H64Si4. The predicted octanol–water partition coefficient (Wildman–Crippen LogP) is 12.3. The van der Waals surface area contributed by atoms with Crippen LogP contribution in [0.15, 0.2) is 48.5 Å². The van der Waals surface area contributed by atoms with Gasteiger partial charge in [0.15, 0.2) is 0 Å². The zero-order valence-corrected chi connectivity index (χ0v) is 34.8. The maximum absolute atomic E-state index is 2.70. The Bertz CT molecular complexity index is 1090. The summed E-state index contributed by atoms with van der Waals surface area (Å²) in [5, 5.41) is 1.77. The molecule has 0 spiro atoms. The van der Waals surface area contributed by atoms with Gasteiger partial charge in [-0.2, -0.15) is 0 Å². The molecule has 2 aromatic rings. The average molecular weight is 633 g/mol. The summed E-state index contributed by atoms with van der Waals surface area (Å²) >= 11 is 0. The van der Waals surface area contributed by atoms with Crippen molar-refractivity contribution in [2.75, 3.05) is 0 Å². The van der Waals surface area contributed by atoms with Gasteiger partial charge in [-0.3, -0.25) is 0 Å². The molecule has 0 nitrogen and oxygen atoms in total. The highest BCUT2D eigenvalue weighted by Crippen LogP contribution is 2.73. The van der Waals surface area contributed by atoms with Crippen molar-refractivity contribution < 1.29 is 0 Å². The van der Waals surface area contributed by atoms with Crippen LogP contribution in [-0.4, -0.2) is 30.8 Å². The predicted molar refractivity (Wildman–Crippen MR) is 198 cm³/mol. The van der Waals surface area contributed by atoms with E-state index in [1.54, 1.807) is 22.3 Å². The van der Waals surface area contributed by atoms with Crippen LogP contribution in [0.5, 0.6) is 0 Å². The molecule has 2 bridgehead atoms. The molecule has 3 aliphatic rings. The summed E-state index contributed by atoms with van der Waals surface area (Å²) < 4.78 is 0. The van der Waals surface area contributed by atoms with Gasteiger partial charge in [0.2, 0.25) is 0 Å². The Kier molecular flexibility index (Phi) is 8.06. The Hall–Kier alpha value is -0.692. The summed E-state index contributed by atoms with van der Waals surface area (Å²) in [5.74, 6) is 0. The van der Waals surface area contributed by atoms with Gasteiger partial charge >= 0.3 is 0 Å². The molecular weight excluding hydrogens is 569 g/mol. The standard InChI is InChI=1S/C38H64Si4/c1-33(2,3)41(34(4,5)6,35(7,8)9)39-31-27-23-19-21-25-29(27)32(30-26-22-20-24-28(30)31)40(39)42(36(10,11)12,37(13,14)15)38(16,17)18/h19-26,31-32H,1-18H3. The second-order valence-electron chi connectivity index (χ2n) is 20.0. The normalized spacial score (nSPS) is 21.4. The maximum Gasteiger partial charge on any atom is 0.0589 e. The quantitative estimate of drug-likeness (QED) is 0.289. The van der Waals surface area contributed by atoms with Crippen LogP contribution in [0.4, 0.5) is 0 Å². The van der Waals surface area contributed by atoms with Crippen molar-refractivity contribution in [3.8, 4) is 0 Å². The third-order valence-corrected chi connectivity index (χ3v) is 67.2. The Morgan fingerprint density at radius 3 is 0.667 bits per heavy atom. The molecule has 232 valence electrons. The highest BCUT2D eigenvalue weighted by atomic mass is 29.8. The van der Waals surface area contributed by atoms with Crippen molar-refractivity contribution in [3.05, 3.63) is 70.8 Å². The van der Waals surface area contributed by atoms with E-state index in [-0.39, 0.29) is 0 Å². The van der Waals surface area contributed by atoms with Gasteiger partial charge in [-0.25, -0.2) is 0 Å². The molecule has 0 N–H and O–H groups in total. The fourth-order valence-corrected chi connectivity index (χ4v) is 102. The van der Waals surface area contributed by atoms with Crippen molar-refractivity contribution >= 4 is 30.8 Å². The van der Waals surface area contributed by atoms with Gasteiger partial charge in [0.25, 0.3) is 0 Å². The number of benzene rings is 2. The maximum atomic E-state index is 2.70. The van der Waals surface area contributed by atoms with Gasteiger partial charge in [0, 0.05) is 15.7 Å². The Labute approximate surface area is 266 Å². The molecule has 2 heterocycles. The molecule has 0 fully saturated rings. The van der Waals surface area contributed by atoms with Crippen molar-refractivity contribution in [2.24, 2.45) is 0 Å². The molecule has 1 aliphatic carbocycles. The van der Waals surface area contributed by atoms with Crippen LogP contribution in [0.3, 0.4) is 0 Å². The Morgan fingerprint density at radius 2 is 0.524 bits per heavy atom. The Balaban J connectivity index is 2.40. The van der Waals surface area contributed by atoms with Gasteiger partial charge in [0.1, 0.15) is 0 Å². The zero-order chi connectivity index (χ0) is 32.3. The molecule has 2 radical (unpaired) electrons. The van der Waals surface area contributed by atoms with Gasteiger partial charge in [0.05, 0.1) is 15.2 Å². The first-order valence-corrected chi connectivity index (χ1v) is 26.8. The van der Waals surface area contributed by atoms with E-state index in [1.165, 1.54) is 0 Å². The van der Waals surface area contributed by atoms with Crippen molar-refractivity contribution in [1.29, 1.82) is 0 Å². The lowest BCUT2D eigenvalue weighted by atomic mass is 9.85. The fraction of sp³-hybridized carbons (Fsp3) is 0.684. The van der Waals surface area contributed by atoms with Crippen molar-refractivity contribution in [1.82, 2.24) is 0 Å². The monoisotopic (exact) mass is 632 g/mol. The van der Waals surface area contributed by atoms with Gasteiger partial charge in [-0.1, -0.05) is 173 Å². The third-order valence-electron chi connectivity index (χ3n) is 11.7. The van der Waals surface area contributed by atoms with Gasteiger partial charge in [-0.15, -0.1) is 0 Å². The summed E-state index contributed by atoms with van der Waals surface area (Å²) in [5.41, 5.74) is 8.08. The fourth-order valence-electron chi connectivity index (χ4n) is 13.4.